The van der Waals surface area contributed by atoms with Crippen LogP contribution in [-0.4, -0.2) is 29.9 Å². The van der Waals surface area contributed by atoms with Crippen LogP contribution in [0.5, 0.6) is 0 Å². The molecule has 4 aromatic rings. The molecule has 3 aromatic carbocycles. The van der Waals surface area contributed by atoms with Crippen LogP contribution in [0.2, 0.25) is 5.02 Å². The first-order valence-corrected chi connectivity index (χ1v) is 12.7. The summed E-state index contributed by atoms with van der Waals surface area (Å²) in [5, 5.41) is 3.69. The molecule has 0 aliphatic heterocycles. The van der Waals surface area contributed by atoms with Gasteiger partial charge in [-0.3, -0.25) is 9.68 Å². The maximum absolute atomic E-state index is 13.2. The van der Waals surface area contributed by atoms with Gasteiger partial charge in [0.1, 0.15) is 5.60 Å². The van der Waals surface area contributed by atoms with Crippen molar-refractivity contribution >= 4 is 50.1 Å². The van der Waals surface area contributed by atoms with E-state index in [0.717, 1.165) is 3.97 Å². The molecule has 0 aliphatic carbocycles. The van der Waals surface area contributed by atoms with Crippen molar-refractivity contribution < 1.29 is 27.8 Å². The molecule has 0 unspecified atom stereocenters. The van der Waals surface area contributed by atoms with Gasteiger partial charge in [-0.2, -0.15) is 4.89 Å². The second kappa shape index (κ2) is 9.77. The van der Waals surface area contributed by atoms with Crippen molar-refractivity contribution in [1.82, 2.24) is 3.97 Å². The van der Waals surface area contributed by atoms with Crippen LogP contribution in [0.15, 0.2) is 83.9 Å². The topological polar surface area (TPSA) is 104 Å². The number of amides is 1. The predicted molar refractivity (Wildman–Crippen MR) is 137 cm³/mol. The molecule has 0 spiro atoms. The van der Waals surface area contributed by atoms with Gasteiger partial charge in [-0.15, -0.1) is 0 Å². The normalized spacial score (nSPS) is 11.9. The number of anilines is 1. The zero-order valence-corrected chi connectivity index (χ0v) is 21.3. The fraction of sp³-hybridized carbons (Fsp3) is 0.154. The molecule has 1 N–H and O–H groups in total. The summed E-state index contributed by atoms with van der Waals surface area (Å²) in [7, 11) is -3.93. The largest absolute Gasteiger partial charge is 0.373 e. The summed E-state index contributed by atoms with van der Waals surface area (Å²) in [5.41, 5.74) is 0.654. The molecular weight excluding hydrogens is 504 g/mol. The molecule has 0 bridgehead atoms. The van der Waals surface area contributed by atoms with Gasteiger partial charge < -0.3 is 5.32 Å². The summed E-state index contributed by atoms with van der Waals surface area (Å²) < 4.78 is 27.5. The highest BCUT2D eigenvalue weighted by Gasteiger charge is 2.20. The molecule has 4 rings (SSSR count). The summed E-state index contributed by atoms with van der Waals surface area (Å²) in [6, 6.07) is 18.5. The first kappa shape index (κ1) is 25.4. The lowest BCUT2D eigenvalue weighted by Gasteiger charge is -2.16. The molecule has 0 fully saturated rings. The summed E-state index contributed by atoms with van der Waals surface area (Å²) in [4.78, 5) is 34.8. The Balaban J connectivity index is 1.54. The Kier molecular flexibility index (Phi) is 6.90. The number of aromatic nitrogens is 1. The van der Waals surface area contributed by atoms with Crippen LogP contribution in [0.1, 0.15) is 41.5 Å². The van der Waals surface area contributed by atoms with Crippen LogP contribution in [0.3, 0.4) is 0 Å². The number of carbonyl (C=O) groups is 2. The molecule has 1 amide bonds. The Morgan fingerprint density at radius 1 is 0.917 bits per heavy atom. The number of hydrogen-bond donors (Lipinski definition) is 1. The minimum Gasteiger partial charge on any atom is -0.322 e. The minimum absolute atomic E-state index is 0.0360. The van der Waals surface area contributed by atoms with Gasteiger partial charge in [0, 0.05) is 27.9 Å². The highest BCUT2D eigenvalue weighted by molar-refractivity contribution is 7.90. The van der Waals surface area contributed by atoms with Gasteiger partial charge in [0.25, 0.3) is 15.9 Å². The number of fused-ring (bicyclic) bond motifs is 1. The third-order valence-electron chi connectivity index (χ3n) is 5.02. The number of nitrogens with one attached hydrogen (secondary N) is 1. The van der Waals surface area contributed by atoms with Gasteiger partial charge in [-0.1, -0.05) is 23.7 Å². The number of carbonyl (C=O) groups excluding carboxylic acids is 2. The second-order valence-corrected chi connectivity index (χ2v) is 11.2. The Morgan fingerprint density at radius 3 is 2.28 bits per heavy atom. The van der Waals surface area contributed by atoms with Crippen LogP contribution < -0.4 is 5.32 Å². The van der Waals surface area contributed by atoms with E-state index >= 15 is 0 Å². The van der Waals surface area contributed by atoms with E-state index in [9.17, 15) is 18.0 Å². The average molecular weight is 527 g/mol. The fourth-order valence-corrected chi connectivity index (χ4v) is 4.95. The van der Waals surface area contributed by atoms with Gasteiger partial charge >= 0.3 is 5.97 Å². The Bertz CT molecular complexity index is 1550. The molecule has 36 heavy (non-hydrogen) atoms. The summed E-state index contributed by atoms with van der Waals surface area (Å²) in [6.45, 7) is 5.25. The zero-order chi connectivity index (χ0) is 26.1. The van der Waals surface area contributed by atoms with Gasteiger partial charge in [-0.05, 0) is 81.4 Å². The Morgan fingerprint density at radius 2 is 1.61 bits per heavy atom. The van der Waals surface area contributed by atoms with Crippen molar-refractivity contribution in [3.63, 3.8) is 0 Å². The van der Waals surface area contributed by atoms with E-state index in [1.807, 2.05) is 0 Å². The molecule has 0 atom stereocenters. The van der Waals surface area contributed by atoms with Crippen molar-refractivity contribution in [3.05, 3.63) is 95.1 Å². The summed E-state index contributed by atoms with van der Waals surface area (Å²) >= 11 is 5.98. The molecule has 10 heteroatoms. The monoisotopic (exact) mass is 526 g/mol. The maximum atomic E-state index is 13.2. The number of rotatable bonds is 6. The van der Waals surface area contributed by atoms with Crippen LogP contribution in [0.25, 0.3) is 10.9 Å². The molecule has 0 radical (unpaired) electrons. The average Bonchev–Trinajstić information content (AvgIpc) is 3.27. The summed E-state index contributed by atoms with van der Waals surface area (Å²) in [6.07, 6.45) is 1.43. The molecular formula is C26H23ClN2O6S. The number of halogens is 1. The van der Waals surface area contributed by atoms with E-state index in [2.05, 4.69) is 5.32 Å². The third-order valence-corrected chi connectivity index (χ3v) is 6.94. The van der Waals surface area contributed by atoms with Crippen molar-refractivity contribution in [1.29, 1.82) is 0 Å². The lowest BCUT2D eigenvalue weighted by molar-refractivity contribution is -0.301. The standard InChI is InChI=1S/C26H23ClN2O6S/c1-26(2,3)35-34-25(31)18-9-11-21(12-10-18)28-24(30)19-8-7-17-13-14-29(23(17)15-19)36(32,33)22-6-4-5-20(27)16-22/h4-16H,1-3H3,(H,28,30). The maximum Gasteiger partial charge on any atom is 0.373 e. The molecule has 186 valence electrons. The SMILES string of the molecule is CC(C)(C)OOC(=O)c1ccc(NC(=O)c2ccc3ccn(S(=O)(=O)c4cccc(Cl)c4)c3c2)cc1. The Labute approximate surface area is 213 Å². The molecule has 0 saturated heterocycles. The number of benzene rings is 3. The molecule has 1 heterocycles. The first-order chi connectivity index (χ1) is 16.9. The number of hydrogen-bond acceptors (Lipinski definition) is 6. The quantitative estimate of drug-likeness (QED) is 0.256. The van der Waals surface area contributed by atoms with E-state index in [4.69, 9.17) is 21.4 Å². The summed E-state index contributed by atoms with van der Waals surface area (Å²) in [5.74, 6) is -1.11. The van der Waals surface area contributed by atoms with Crippen LogP contribution in [-0.2, 0) is 19.8 Å². The predicted octanol–water partition coefficient (Wildman–Crippen LogP) is 5.67. The lowest BCUT2D eigenvalue weighted by Crippen LogP contribution is -2.22. The Hall–Kier alpha value is -3.66. The zero-order valence-electron chi connectivity index (χ0n) is 19.7. The highest BCUT2D eigenvalue weighted by Crippen LogP contribution is 2.25. The molecule has 1 aromatic heterocycles. The van der Waals surface area contributed by atoms with Crippen LogP contribution >= 0.6 is 11.6 Å². The minimum atomic E-state index is -3.93. The van der Waals surface area contributed by atoms with Crippen molar-refractivity contribution in [3.8, 4) is 0 Å². The van der Waals surface area contributed by atoms with Crippen molar-refractivity contribution in [2.24, 2.45) is 0 Å². The van der Waals surface area contributed by atoms with Crippen molar-refractivity contribution in [2.75, 3.05) is 5.32 Å². The third kappa shape index (κ3) is 5.59. The van der Waals surface area contributed by atoms with Gasteiger partial charge in [-0.25, -0.2) is 17.2 Å². The van der Waals surface area contributed by atoms with Gasteiger partial charge in [0.2, 0.25) is 0 Å². The van der Waals surface area contributed by atoms with E-state index in [1.165, 1.54) is 36.5 Å². The fourth-order valence-electron chi connectivity index (χ4n) is 3.30. The number of nitrogens with zero attached hydrogens (tertiary/aromatic N) is 1. The van der Waals surface area contributed by atoms with E-state index in [1.54, 1.807) is 63.2 Å². The first-order valence-electron chi connectivity index (χ1n) is 10.9. The molecule has 8 nitrogen and oxygen atoms in total. The second-order valence-electron chi connectivity index (χ2n) is 8.95. The molecule has 0 saturated carbocycles. The smallest absolute Gasteiger partial charge is 0.322 e. The lowest BCUT2D eigenvalue weighted by atomic mass is 10.1. The van der Waals surface area contributed by atoms with E-state index in [-0.39, 0.29) is 16.0 Å². The van der Waals surface area contributed by atoms with E-state index < -0.39 is 27.5 Å². The van der Waals surface area contributed by atoms with Crippen LogP contribution in [0.4, 0.5) is 5.69 Å². The van der Waals surface area contributed by atoms with Gasteiger partial charge in [0.05, 0.1) is 16.0 Å². The molecule has 0 aliphatic rings. The van der Waals surface area contributed by atoms with Crippen LogP contribution in [0, 0.1) is 0 Å². The van der Waals surface area contributed by atoms with Crippen molar-refractivity contribution in [2.45, 2.75) is 31.3 Å². The van der Waals surface area contributed by atoms with E-state index in [0.29, 0.717) is 21.6 Å². The highest BCUT2D eigenvalue weighted by atomic mass is 35.5. The van der Waals surface area contributed by atoms with Gasteiger partial charge in [0.15, 0.2) is 0 Å².